The van der Waals surface area contributed by atoms with Gasteiger partial charge in [0.15, 0.2) is 22.8 Å². The van der Waals surface area contributed by atoms with Crippen molar-refractivity contribution in [3.8, 4) is 17.3 Å². The number of aromatic nitrogens is 6. The van der Waals surface area contributed by atoms with Crippen molar-refractivity contribution in [3.05, 3.63) is 48.4 Å². The number of hydrogen-bond acceptors (Lipinski definition) is 9. The third-order valence-electron chi connectivity index (χ3n) is 5.15. The average Bonchev–Trinajstić information content (AvgIpc) is 3.22. The molecule has 1 fully saturated rings. The van der Waals surface area contributed by atoms with E-state index in [9.17, 15) is 0 Å². The van der Waals surface area contributed by atoms with Crippen LogP contribution in [0.2, 0.25) is 0 Å². The predicted octanol–water partition coefficient (Wildman–Crippen LogP) is 1.76. The highest BCUT2D eigenvalue weighted by atomic mass is 16.5. The fourth-order valence-corrected chi connectivity index (χ4v) is 3.62. The minimum Gasteiger partial charge on any atom is -0.497 e. The van der Waals surface area contributed by atoms with Crippen LogP contribution in [0, 0.1) is 0 Å². The molecule has 1 aliphatic rings. The van der Waals surface area contributed by atoms with E-state index in [0.717, 1.165) is 41.4 Å². The maximum absolute atomic E-state index is 5.79. The quantitative estimate of drug-likeness (QED) is 0.517. The van der Waals surface area contributed by atoms with Crippen LogP contribution in [0.4, 0.5) is 11.8 Å². The molecule has 31 heavy (non-hydrogen) atoms. The summed E-state index contributed by atoms with van der Waals surface area (Å²) >= 11 is 0. The van der Waals surface area contributed by atoms with Gasteiger partial charge in [-0.2, -0.15) is 0 Å². The second-order valence-electron chi connectivity index (χ2n) is 7.17. The third-order valence-corrected chi connectivity index (χ3v) is 5.15. The summed E-state index contributed by atoms with van der Waals surface area (Å²) in [4.78, 5) is 24.7. The lowest BCUT2D eigenvalue weighted by molar-refractivity contribution is 0.122. The molecule has 1 aliphatic heterocycles. The number of benzene rings is 1. The number of methoxy groups -OCH3 is 1. The molecule has 1 saturated heterocycles. The summed E-state index contributed by atoms with van der Waals surface area (Å²) in [6, 6.07) is 9.69. The molecule has 0 amide bonds. The monoisotopic (exact) mass is 418 g/mol. The number of morpholine rings is 1. The molecule has 0 aliphatic carbocycles. The molecule has 0 atom stereocenters. The predicted molar refractivity (Wildman–Crippen MR) is 116 cm³/mol. The molecule has 0 radical (unpaired) electrons. The molecule has 10 heteroatoms. The topological polar surface area (TPSA) is 117 Å². The van der Waals surface area contributed by atoms with Crippen LogP contribution in [0.3, 0.4) is 0 Å². The lowest BCUT2D eigenvalue weighted by Gasteiger charge is -2.28. The molecule has 0 bridgehead atoms. The fourth-order valence-electron chi connectivity index (χ4n) is 3.62. The first kappa shape index (κ1) is 19.2. The van der Waals surface area contributed by atoms with Crippen LogP contribution in [0.5, 0.6) is 5.75 Å². The summed E-state index contributed by atoms with van der Waals surface area (Å²) in [5, 5.41) is 0. The van der Waals surface area contributed by atoms with Gasteiger partial charge in [0.25, 0.3) is 0 Å². The minimum atomic E-state index is 0.180. The van der Waals surface area contributed by atoms with Crippen LogP contribution in [-0.2, 0) is 11.3 Å². The van der Waals surface area contributed by atoms with Gasteiger partial charge >= 0.3 is 0 Å². The van der Waals surface area contributed by atoms with E-state index in [1.165, 1.54) is 0 Å². The normalized spacial score (nSPS) is 14.2. The van der Waals surface area contributed by atoms with Gasteiger partial charge in [-0.05, 0) is 23.8 Å². The Bertz CT molecular complexity index is 1220. The Hall–Kier alpha value is -3.79. The number of nitrogens with zero attached hydrogens (tertiary/aromatic N) is 7. The van der Waals surface area contributed by atoms with Crippen molar-refractivity contribution in [2.75, 3.05) is 44.0 Å². The molecule has 0 unspecified atom stereocenters. The van der Waals surface area contributed by atoms with E-state index in [2.05, 4.69) is 19.9 Å². The third kappa shape index (κ3) is 3.84. The largest absolute Gasteiger partial charge is 0.497 e. The first-order valence-electron chi connectivity index (χ1n) is 9.98. The highest BCUT2D eigenvalue weighted by Gasteiger charge is 2.21. The Morgan fingerprint density at radius 1 is 1.10 bits per heavy atom. The summed E-state index contributed by atoms with van der Waals surface area (Å²) in [6.45, 7) is 3.36. The number of anilines is 2. The van der Waals surface area contributed by atoms with Gasteiger partial charge in [-0.25, -0.2) is 24.9 Å². The standard InChI is InChI=1S/C21H22N8O2/c1-30-15-4-2-3-14(11-15)12-29-13-24-17-19(28-7-9-31-10-8-28)26-18(27-20(17)29)16-5-6-23-21(22)25-16/h2-6,11,13H,7-10,12H2,1H3,(H2,22,23,25). The Morgan fingerprint density at radius 3 is 2.77 bits per heavy atom. The Labute approximate surface area is 178 Å². The van der Waals surface area contributed by atoms with Crippen molar-refractivity contribution < 1.29 is 9.47 Å². The van der Waals surface area contributed by atoms with Crippen LogP contribution in [0.1, 0.15) is 5.56 Å². The molecule has 4 aromatic rings. The zero-order valence-corrected chi connectivity index (χ0v) is 17.1. The summed E-state index contributed by atoms with van der Waals surface area (Å²) in [5.41, 5.74) is 8.92. The number of fused-ring (bicyclic) bond motifs is 1. The molecular formula is C21H22N8O2. The first-order valence-corrected chi connectivity index (χ1v) is 9.98. The van der Waals surface area contributed by atoms with E-state index in [-0.39, 0.29) is 5.95 Å². The Balaban J connectivity index is 1.63. The van der Waals surface area contributed by atoms with E-state index in [1.54, 1.807) is 25.7 Å². The highest BCUT2D eigenvalue weighted by Crippen LogP contribution is 2.27. The molecule has 3 aromatic heterocycles. The van der Waals surface area contributed by atoms with E-state index in [1.807, 2.05) is 28.8 Å². The number of nitrogen functional groups attached to an aromatic ring is 1. The van der Waals surface area contributed by atoms with Gasteiger partial charge < -0.3 is 24.7 Å². The SMILES string of the molecule is COc1cccc(Cn2cnc3c(N4CCOCC4)nc(-c4ccnc(N)n4)nc32)c1. The van der Waals surface area contributed by atoms with Crippen molar-refractivity contribution in [2.45, 2.75) is 6.54 Å². The molecule has 2 N–H and O–H groups in total. The van der Waals surface area contributed by atoms with Crippen molar-refractivity contribution in [1.82, 2.24) is 29.5 Å². The summed E-state index contributed by atoms with van der Waals surface area (Å²) in [6.07, 6.45) is 3.40. The highest BCUT2D eigenvalue weighted by molar-refractivity contribution is 5.85. The first-order chi connectivity index (χ1) is 15.2. The van der Waals surface area contributed by atoms with Gasteiger partial charge in [0.1, 0.15) is 11.4 Å². The summed E-state index contributed by atoms with van der Waals surface area (Å²) in [5.74, 6) is 2.24. The zero-order chi connectivity index (χ0) is 21.2. The van der Waals surface area contributed by atoms with Crippen molar-refractivity contribution in [1.29, 1.82) is 0 Å². The van der Waals surface area contributed by atoms with Gasteiger partial charge in [-0.1, -0.05) is 12.1 Å². The number of ether oxygens (including phenoxy) is 2. The summed E-state index contributed by atoms with van der Waals surface area (Å²) in [7, 11) is 1.66. The summed E-state index contributed by atoms with van der Waals surface area (Å²) < 4.78 is 12.9. The van der Waals surface area contributed by atoms with Gasteiger partial charge in [0, 0.05) is 19.3 Å². The van der Waals surface area contributed by atoms with Crippen molar-refractivity contribution in [2.24, 2.45) is 0 Å². The second kappa shape index (κ2) is 8.15. The molecule has 0 spiro atoms. The molecule has 1 aromatic carbocycles. The lowest BCUT2D eigenvalue weighted by atomic mass is 10.2. The molecule has 158 valence electrons. The van der Waals surface area contributed by atoms with E-state index >= 15 is 0 Å². The molecule has 0 saturated carbocycles. The van der Waals surface area contributed by atoms with Gasteiger partial charge in [-0.15, -0.1) is 0 Å². The van der Waals surface area contributed by atoms with Gasteiger partial charge in [-0.3, -0.25) is 0 Å². The lowest BCUT2D eigenvalue weighted by Crippen LogP contribution is -2.37. The maximum atomic E-state index is 5.79. The van der Waals surface area contributed by atoms with Crippen molar-refractivity contribution >= 4 is 22.9 Å². The number of imidazole rings is 1. The Kier molecular flexibility index (Phi) is 5.04. The molecule has 5 rings (SSSR count). The average molecular weight is 418 g/mol. The fraction of sp³-hybridized carbons (Fsp3) is 0.286. The van der Waals surface area contributed by atoms with Crippen LogP contribution in [0.15, 0.2) is 42.9 Å². The van der Waals surface area contributed by atoms with Crippen LogP contribution in [-0.4, -0.2) is 62.9 Å². The van der Waals surface area contributed by atoms with E-state index < -0.39 is 0 Å². The van der Waals surface area contributed by atoms with Crippen LogP contribution < -0.4 is 15.4 Å². The second-order valence-corrected chi connectivity index (χ2v) is 7.17. The van der Waals surface area contributed by atoms with Crippen LogP contribution in [0.25, 0.3) is 22.7 Å². The number of hydrogen-bond donors (Lipinski definition) is 1. The number of nitrogens with two attached hydrogens (primary N) is 1. The zero-order valence-electron chi connectivity index (χ0n) is 17.1. The minimum absolute atomic E-state index is 0.180. The molecule has 10 nitrogen and oxygen atoms in total. The molecule has 4 heterocycles. The Morgan fingerprint density at radius 2 is 1.97 bits per heavy atom. The molecular weight excluding hydrogens is 396 g/mol. The van der Waals surface area contributed by atoms with E-state index in [4.69, 9.17) is 25.2 Å². The van der Waals surface area contributed by atoms with Crippen molar-refractivity contribution in [3.63, 3.8) is 0 Å². The van der Waals surface area contributed by atoms with Gasteiger partial charge in [0.2, 0.25) is 5.95 Å². The van der Waals surface area contributed by atoms with Gasteiger partial charge in [0.05, 0.1) is 33.2 Å². The smallest absolute Gasteiger partial charge is 0.220 e. The van der Waals surface area contributed by atoms with Crippen LogP contribution >= 0.6 is 0 Å². The number of rotatable bonds is 5. The maximum Gasteiger partial charge on any atom is 0.220 e. The van der Waals surface area contributed by atoms with E-state index in [0.29, 0.717) is 31.3 Å².